The first-order valence-corrected chi connectivity index (χ1v) is 14.7. The Balaban J connectivity index is 1.62. The van der Waals surface area contributed by atoms with Gasteiger partial charge < -0.3 is 25.6 Å². The second kappa shape index (κ2) is 14.5. The van der Waals surface area contributed by atoms with Crippen LogP contribution in [0.2, 0.25) is 0 Å². The number of hydrogen-bond donors (Lipinski definition) is 2. The van der Waals surface area contributed by atoms with Gasteiger partial charge in [-0.1, -0.05) is 37.6 Å². The number of nitriles is 1. The van der Waals surface area contributed by atoms with E-state index < -0.39 is 0 Å². The van der Waals surface area contributed by atoms with Crippen LogP contribution < -0.4 is 16.0 Å². The van der Waals surface area contributed by atoms with Crippen LogP contribution in [0.3, 0.4) is 0 Å². The van der Waals surface area contributed by atoms with Crippen molar-refractivity contribution < 1.29 is 14.3 Å². The van der Waals surface area contributed by atoms with Crippen molar-refractivity contribution in [2.75, 3.05) is 30.9 Å². The zero-order chi connectivity index (χ0) is 30.1. The normalized spacial score (nSPS) is 16.3. The summed E-state index contributed by atoms with van der Waals surface area (Å²) in [5, 5.41) is 12.2. The highest BCUT2D eigenvalue weighted by atomic mass is 16.5. The number of amides is 2. The lowest BCUT2D eigenvalue weighted by molar-refractivity contribution is 0.0879. The van der Waals surface area contributed by atoms with Gasteiger partial charge in [0.1, 0.15) is 0 Å². The van der Waals surface area contributed by atoms with Crippen molar-refractivity contribution in [1.29, 1.82) is 5.26 Å². The maximum Gasteiger partial charge on any atom is 0.410 e. The monoisotopic (exact) mass is 567 g/mol. The molecule has 0 heterocycles. The number of unbranched alkanes of at least 4 members (excludes halogenated alkanes) is 1. The Kier molecular flexibility index (Phi) is 10.6. The molecule has 0 saturated heterocycles. The van der Waals surface area contributed by atoms with Gasteiger partial charge in [-0.15, -0.1) is 0 Å². The number of nitrogens with zero attached hydrogens (tertiary/aromatic N) is 3. The molecule has 220 valence electrons. The molecule has 2 amide bonds. The van der Waals surface area contributed by atoms with Crippen molar-refractivity contribution in [1.82, 2.24) is 4.90 Å². The number of ether oxygens (including phenoxy) is 1. The third-order valence-corrected chi connectivity index (χ3v) is 7.98. The van der Waals surface area contributed by atoms with E-state index in [9.17, 15) is 9.59 Å². The lowest BCUT2D eigenvalue weighted by Crippen LogP contribution is -2.43. The summed E-state index contributed by atoms with van der Waals surface area (Å²) in [6.07, 6.45) is 5.30. The second-order valence-electron chi connectivity index (χ2n) is 11.0. The molecule has 8 nitrogen and oxygen atoms in total. The minimum Gasteiger partial charge on any atom is -0.453 e. The number of carbonyl (C=O) groups is 2. The van der Waals surface area contributed by atoms with E-state index in [0.29, 0.717) is 23.4 Å². The highest BCUT2D eigenvalue weighted by Gasteiger charge is 2.28. The zero-order valence-corrected chi connectivity index (χ0v) is 24.8. The van der Waals surface area contributed by atoms with Crippen LogP contribution >= 0.6 is 0 Å². The molecule has 4 rings (SSSR count). The highest BCUT2D eigenvalue weighted by Crippen LogP contribution is 2.33. The summed E-state index contributed by atoms with van der Waals surface area (Å²) < 4.78 is 5.14. The van der Waals surface area contributed by atoms with Crippen LogP contribution in [0.4, 0.5) is 16.2 Å². The van der Waals surface area contributed by atoms with Gasteiger partial charge in [0, 0.05) is 37.8 Å². The van der Waals surface area contributed by atoms with Gasteiger partial charge in [0.25, 0.3) is 5.91 Å². The molecule has 42 heavy (non-hydrogen) atoms. The summed E-state index contributed by atoms with van der Waals surface area (Å²) in [5.41, 5.74) is 11.7. The molecular formula is C34H41N5O3. The van der Waals surface area contributed by atoms with Crippen LogP contribution in [0.25, 0.3) is 11.1 Å². The van der Waals surface area contributed by atoms with Crippen molar-refractivity contribution >= 4 is 23.4 Å². The van der Waals surface area contributed by atoms with E-state index in [-0.39, 0.29) is 24.1 Å². The first kappa shape index (κ1) is 30.6. The summed E-state index contributed by atoms with van der Waals surface area (Å²) in [7, 11) is 3.45. The average Bonchev–Trinajstić information content (AvgIpc) is 3.02. The van der Waals surface area contributed by atoms with Gasteiger partial charge >= 0.3 is 6.09 Å². The predicted octanol–water partition coefficient (Wildman–Crippen LogP) is 6.55. The Morgan fingerprint density at radius 3 is 2.40 bits per heavy atom. The van der Waals surface area contributed by atoms with E-state index in [2.05, 4.69) is 35.3 Å². The topological polar surface area (TPSA) is 112 Å². The van der Waals surface area contributed by atoms with Gasteiger partial charge in [0.15, 0.2) is 0 Å². The lowest BCUT2D eigenvalue weighted by atomic mass is 9.90. The molecule has 0 aromatic heterocycles. The molecule has 0 spiro atoms. The highest BCUT2D eigenvalue weighted by molar-refractivity contribution is 6.06. The van der Waals surface area contributed by atoms with E-state index in [1.165, 1.54) is 7.11 Å². The second-order valence-corrected chi connectivity index (χ2v) is 11.0. The minimum absolute atomic E-state index is 0.0999. The van der Waals surface area contributed by atoms with Crippen molar-refractivity contribution in [3.8, 4) is 17.2 Å². The van der Waals surface area contributed by atoms with Gasteiger partial charge in [-0.3, -0.25) is 4.79 Å². The van der Waals surface area contributed by atoms with Gasteiger partial charge in [0.05, 0.1) is 30.1 Å². The van der Waals surface area contributed by atoms with Crippen LogP contribution in [0.1, 0.15) is 66.9 Å². The fourth-order valence-corrected chi connectivity index (χ4v) is 5.47. The van der Waals surface area contributed by atoms with Crippen molar-refractivity contribution in [3.63, 3.8) is 0 Å². The summed E-state index contributed by atoms with van der Waals surface area (Å²) in [6.45, 7) is 3.46. The fraction of sp³-hybridized carbons (Fsp3) is 0.382. The Hall–Kier alpha value is -4.35. The molecule has 0 unspecified atom stereocenters. The van der Waals surface area contributed by atoms with E-state index in [1.54, 1.807) is 24.3 Å². The molecule has 1 saturated carbocycles. The Morgan fingerprint density at radius 2 is 1.74 bits per heavy atom. The van der Waals surface area contributed by atoms with E-state index in [0.717, 1.165) is 67.4 Å². The number of nitrogens with two attached hydrogens (primary N) is 1. The maximum absolute atomic E-state index is 13.2. The Bertz CT molecular complexity index is 1410. The first-order chi connectivity index (χ1) is 20.3. The molecule has 0 radical (unpaired) electrons. The van der Waals surface area contributed by atoms with Gasteiger partial charge in [-0.25, -0.2) is 4.79 Å². The number of carbonyl (C=O) groups excluding carboxylic acids is 2. The molecule has 3 N–H and O–H groups in total. The molecule has 3 aromatic rings. The molecule has 1 fully saturated rings. The lowest BCUT2D eigenvalue weighted by Gasteiger charge is -2.35. The summed E-state index contributed by atoms with van der Waals surface area (Å²) in [5.74, 6) is -0.239. The van der Waals surface area contributed by atoms with Crippen LogP contribution in [-0.4, -0.2) is 49.7 Å². The SMILES string of the molecule is CCCCN(C)c1ccc(-c2cccc(CN(C(=O)OC)C3CCC(N)CC3)c2)cc1NC(=O)c1ccc(C#N)cc1. The quantitative estimate of drug-likeness (QED) is 0.287. The number of nitrogens with one attached hydrogen (secondary N) is 1. The largest absolute Gasteiger partial charge is 0.453 e. The maximum atomic E-state index is 13.2. The van der Waals surface area contributed by atoms with Gasteiger partial charge in [-0.05, 0) is 91.3 Å². The number of methoxy groups -OCH3 is 1. The molecule has 0 aliphatic heterocycles. The summed E-state index contributed by atoms with van der Waals surface area (Å²) >= 11 is 0. The molecule has 8 heteroatoms. The first-order valence-electron chi connectivity index (χ1n) is 14.7. The third-order valence-electron chi connectivity index (χ3n) is 7.98. The smallest absolute Gasteiger partial charge is 0.410 e. The van der Waals surface area contributed by atoms with Crippen LogP contribution in [-0.2, 0) is 11.3 Å². The van der Waals surface area contributed by atoms with E-state index in [1.807, 2.05) is 42.3 Å². The van der Waals surface area contributed by atoms with Crippen molar-refractivity contribution in [2.45, 2.75) is 64.1 Å². The molecule has 3 aromatic carbocycles. The molecule has 0 bridgehead atoms. The van der Waals surface area contributed by atoms with Gasteiger partial charge in [0.2, 0.25) is 0 Å². The van der Waals surface area contributed by atoms with E-state index in [4.69, 9.17) is 15.7 Å². The van der Waals surface area contributed by atoms with Gasteiger partial charge in [-0.2, -0.15) is 5.26 Å². The number of rotatable bonds is 10. The standard InChI is InChI=1S/C34H41N5O3/c1-4-5-19-38(2)32-18-13-28(21-31(32)37-33(40)26-11-9-24(22-35)10-12-26)27-8-6-7-25(20-27)23-39(34(41)42-3)30-16-14-29(36)15-17-30/h6-13,18,20-21,29-30H,4-5,14-17,19,23,36H2,1-3H3,(H,37,40). The average molecular weight is 568 g/mol. The molecule has 0 atom stereocenters. The third kappa shape index (κ3) is 7.68. The Morgan fingerprint density at radius 1 is 1.02 bits per heavy atom. The predicted molar refractivity (Wildman–Crippen MR) is 167 cm³/mol. The number of anilines is 2. The van der Waals surface area contributed by atoms with Crippen LogP contribution in [0.5, 0.6) is 0 Å². The fourth-order valence-electron chi connectivity index (χ4n) is 5.47. The minimum atomic E-state index is -0.326. The summed E-state index contributed by atoms with van der Waals surface area (Å²) in [4.78, 5) is 29.9. The van der Waals surface area contributed by atoms with Crippen LogP contribution in [0, 0.1) is 11.3 Å². The Labute approximate surface area is 249 Å². The van der Waals surface area contributed by atoms with Crippen molar-refractivity contribution in [3.05, 3.63) is 83.4 Å². The molecule has 1 aliphatic carbocycles. The summed E-state index contributed by atoms with van der Waals surface area (Å²) in [6, 6.07) is 23.2. The van der Waals surface area contributed by atoms with E-state index >= 15 is 0 Å². The van der Waals surface area contributed by atoms with Crippen LogP contribution in [0.15, 0.2) is 66.7 Å². The zero-order valence-electron chi connectivity index (χ0n) is 24.8. The van der Waals surface area contributed by atoms with Crippen molar-refractivity contribution in [2.24, 2.45) is 5.73 Å². The molecular weight excluding hydrogens is 526 g/mol. The number of hydrogen-bond acceptors (Lipinski definition) is 6. The number of benzene rings is 3. The molecule has 1 aliphatic rings.